The van der Waals surface area contributed by atoms with E-state index < -0.39 is 11.8 Å². The predicted octanol–water partition coefficient (Wildman–Crippen LogP) is 3.75. The number of hydrogen-bond acceptors (Lipinski definition) is 4. The van der Waals surface area contributed by atoms with Crippen LogP contribution in [0.1, 0.15) is 30.4 Å². The number of Topliss-reactive ketones (excluding diaryl/α,β-unsaturated/α-hetero) is 1. The largest absolute Gasteiger partial charge is 0.291 e. The number of benzene rings is 1. The van der Waals surface area contributed by atoms with E-state index in [0.29, 0.717) is 20.5 Å². The van der Waals surface area contributed by atoms with E-state index in [1.54, 1.807) is 29.6 Å². The molecule has 0 spiro atoms. The van der Waals surface area contributed by atoms with E-state index >= 15 is 0 Å². The van der Waals surface area contributed by atoms with Crippen LogP contribution in [0.2, 0.25) is 0 Å². The third kappa shape index (κ3) is 2.49. The lowest BCUT2D eigenvalue weighted by atomic mass is 10.1. The Hall–Kier alpha value is -1.31. The van der Waals surface area contributed by atoms with Crippen molar-refractivity contribution in [2.45, 2.75) is 0 Å². The molecule has 0 unspecified atom stereocenters. The van der Waals surface area contributed by atoms with Crippen LogP contribution >= 0.6 is 43.2 Å². The topological polar surface area (TPSA) is 54.5 Å². The van der Waals surface area contributed by atoms with Gasteiger partial charge in [0.15, 0.2) is 5.78 Å². The molecule has 3 rings (SSSR count). The zero-order valence-electron chi connectivity index (χ0n) is 10.4. The van der Waals surface area contributed by atoms with Gasteiger partial charge in [-0.15, -0.1) is 11.3 Å². The maximum atomic E-state index is 12.3. The maximum absolute atomic E-state index is 12.3. The van der Waals surface area contributed by atoms with Gasteiger partial charge in [-0.25, -0.2) is 0 Å². The summed E-state index contributed by atoms with van der Waals surface area (Å²) in [6.45, 7) is -0.247. The van der Waals surface area contributed by atoms with E-state index in [9.17, 15) is 14.4 Å². The molecule has 2 amide bonds. The van der Waals surface area contributed by atoms with Crippen molar-refractivity contribution >= 4 is 60.8 Å². The molecule has 0 atom stereocenters. The number of rotatable bonds is 3. The average Bonchev–Trinajstić information content (AvgIpc) is 2.97. The first-order valence-corrected chi connectivity index (χ1v) is 8.37. The molecule has 1 aromatic heterocycles. The zero-order chi connectivity index (χ0) is 15.1. The number of hydrogen-bond donors (Lipinski definition) is 0. The van der Waals surface area contributed by atoms with Crippen LogP contribution in [-0.2, 0) is 0 Å². The minimum atomic E-state index is -0.433. The SMILES string of the molecule is O=C(CN1C(=O)c2ccc(Br)cc2C1=O)c1sccc1Br. The Balaban J connectivity index is 1.89. The normalized spacial score (nSPS) is 13.7. The van der Waals surface area contributed by atoms with Gasteiger partial charge in [-0.3, -0.25) is 19.3 Å². The second kappa shape index (κ2) is 5.47. The number of halogens is 2. The van der Waals surface area contributed by atoms with E-state index in [1.165, 1.54) is 11.3 Å². The van der Waals surface area contributed by atoms with Crippen LogP contribution in [0, 0.1) is 0 Å². The Labute approximate surface area is 141 Å². The van der Waals surface area contributed by atoms with Crippen molar-refractivity contribution < 1.29 is 14.4 Å². The second-order valence-electron chi connectivity index (χ2n) is 4.41. The molecule has 4 nitrogen and oxygen atoms in total. The standard InChI is InChI=1S/C14H7Br2NO3S/c15-7-1-2-8-9(5-7)14(20)17(13(8)19)6-11(18)12-10(16)3-4-21-12/h1-5H,6H2. The molecule has 7 heteroatoms. The molecule has 0 radical (unpaired) electrons. The average molecular weight is 429 g/mol. The number of carbonyl (C=O) groups excluding carboxylic acids is 3. The minimum absolute atomic E-state index is 0.247. The third-order valence-corrected chi connectivity index (χ3v) is 5.48. The lowest BCUT2D eigenvalue weighted by Gasteiger charge is -2.12. The van der Waals surface area contributed by atoms with Gasteiger partial charge in [-0.05, 0) is 45.6 Å². The molecule has 2 heterocycles. The molecule has 0 aliphatic carbocycles. The van der Waals surface area contributed by atoms with E-state index in [-0.39, 0.29) is 12.3 Å². The van der Waals surface area contributed by atoms with Gasteiger partial charge in [0.2, 0.25) is 0 Å². The Morgan fingerprint density at radius 2 is 1.81 bits per heavy atom. The Morgan fingerprint density at radius 1 is 1.10 bits per heavy atom. The molecule has 0 fully saturated rings. The fraction of sp³-hybridized carbons (Fsp3) is 0.0714. The smallest absolute Gasteiger partial charge is 0.262 e. The highest BCUT2D eigenvalue weighted by Crippen LogP contribution is 2.28. The van der Waals surface area contributed by atoms with Gasteiger partial charge in [-0.2, -0.15) is 0 Å². The van der Waals surface area contributed by atoms with Gasteiger partial charge in [0.1, 0.15) is 0 Å². The number of imide groups is 1. The molecule has 0 saturated carbocycles. The fourth-order valence-electron chi connectivity index (χ4n) is 2.11. The molecule has 0 N–H and O–H groups in total. The summed E-state index contributed by atoms with van der Waals surface area (Å²) < 4.78 is 1.40. The van der Waals surface area contributed by atoms with Crippen molar-refractivity contribution in [2.24, 2.45) is 0 Å². The number of fused-ring (bicyclic) bond motifs is 1. The van der Waals surface area contributed by atoms with Crippen molar-refractivity contribution in [1.29, 1.82) is 0 Å². The van der Waals surface area contributed by atoms with Crippen molar-refractivity contribution in [3.05, 3.63) is 54.6 Å². The number of ketones is 1. The molecular weight excluding hydrogens is 422 g/mol. The molecule has 1 aliphatic rings. The predicted molar refractivity (Wildman–Crippen MR) is 85.9 cm³/mol. The van der Waals surface area contributed by atoms with E-state index in [4.69, 9.17) is 0 Å². The van der Waals surface area contributed by atoms with Crippen molar-refractivity contribution in [3.8, 4) is 0 Å². The van der Waals surface area contributed by atoms with Gasteiger partial charge in [-0.1, -0.05) is 15.9 Å². The Kier molecular flexibility index (Phi) is 3.81. The van der Waals surface area contributed by atoms with Gasteiger partial charge < -0.3 is 0 Å². The summed E-state index contributed by atoms with van der Waals surface area (Å²) in [4.78, 5) is 38.2. The molecule has 0 bridgehead atoms. The maximum Gasteiger partial charge on any atom is 0.262 e. The Morgan fingerprint density at radius 3 is 2.48 bits per heavy atom. The number of amides is 2. The monoisotopic (exact) mass is 427 g/mol. The summed E-state index contributed by atoms with van der Waals surface area (Å²) >= 11 is 7.83. The lowest BCUT2D eigenvalue weighted by molar-refractivity contribution is 0.0624. The van der Waals surface area contributed by atoms with Gasteiger partial charge >= 0.3 is 0 Å². The first kappa shape index (κ1) is 14.6. The van der Waals surface area contributed by atoms with Gasteiger partial charge in [0, 0.05) is 8.95 Å². The van der Waals surface area contributed by atoms with Crippen molar-refractivity contribution in [2.75, 3.05) is 6.54 Å². The van der Waals surface area contributed by atoms with Crippen LogP contribution < -0.4 is 0 Å². The molecule has 0 saturated heterocycles. The summed E-state index contributed by atoms with van der Waals surface area (Å²) in [6.07, 6.45) is 0. The molecule has 2 aromatic rings. The van der Waals surface area contributed by atoms with Crippen molar-refractivity contribution in [3.63, 3.8) is 0 Å². The number of thiophene rings is 1. The van der Waals surface area contributed by atoms with Crippen molar-refractivity contribution in [1.82, 2.24) is 4.90 Å². The molecule has 106 valence electrons. The Bertz CT molecular complexity index is 784. The first-order chi connectivity index (χ1) is 9.99. The number of carbonyl (C=O) groups is 3. The van der Waals surface area contributed by atoms with Crippen LogP contribution in [0.25, 0.3) is 0 Å². The van der Waals surface area contributed by atoms with E-state index in [2.05, 4.69) is 31.9 Å². The van der Waals surface area contributed by atoms with E-state index in [1.807, 2.05) is 0 Å². The zero-order valence-corrected chi connectivity index (χ0v) is 14.4. The number of nitrogens with zero attached hydrogens (tertiary/aromatic N) is 1. The summed E-state index contributed by atoms with van der Waals surface area (Å²) in [5.41, 5.74) is 0.661. The lowest BCUT2D eigenvalue weighted by Crippen LogP contribution is -2.34. The van der Waals surface area contributed by atoms with Gasteiger partial charge in [0.25, 0.3) is 11.8 Å². The quantitative estimate of drug-likeness (QED) is 0.552. The highest BCUT2D eigenvalue weighted by Gasteiger charge is 2.37. The fourth-order valence-corrected chi connectivity index (χ4v) is 4.00. The second-order valence-corrected chi connectivity index (χ2v) is 7.09. The summed E-state index contributed by atoms with van der Waals surface area (Å²) in [7, 11) is 0. The van der Waals surface area contributed by atoms with E-state index in [0.717, 1.165) is 9.37 Å². The van der Waals surface area contributed by atoms with Crippen LogP contribution in [0.5, 0.6) is 0 Å². The van der Waals surface area contributed by atoms with Crippen LogP contribution in [0.4, 0.5) is 0 Å². The molecular formula is C14H7Br2NO3S. The van der Waals surface area contributed by atoms with Crippen LogP contribution in [0.3, 0.4) is 0 Å². The third-order valence-electron chi connectivity index (χ3n) is 3.10. The molecule has 21 heavy (non-hydrogen) atoms. The summed E-state index contributed by atoms with van der Waals surface area (Å²) in [5, 5.41) is 1.77. The molecule has 1 aliphatic heterocycles. The van der Waals surface area contributed by atoms with Gasteiger partial charge in [0.05, 0.1) is 22.5 Å². The minimum Gasteiger partial charge on any atom is -0.291 e. The highest BCUT2D eigenvalue weighted by atomic mass is 79.9. The summed E-state index contributed by atoms with van der Waals surface area (Å²) in [5.74, 6) is -1.12. The first-order valence-electron chi connectivity index (χ1n) is 5.91. The summed E-state index contributed by atoms with van der Waals surface area (Å²) in [6, 6.07) is 6.65. The van der Waals surface area contributed by atoms with Crippen LogP contribution in [0.15, 0.2) is 38.6 Å². The highest BCUT2D eigenvalue weighted by molar-refractivity contribution is 9.10. The van der Waals surface area contributed by atoms with Crippen LogP contribution in [-0.4, -0.2) is 29.0 Å². The molecule has 1 aromatic carbocycles.